The van der Waals surface area contributed by atoms with Crippen LogP contribution >= 0.6 is 0 Å². The number of fused-ring (bicyclic) bond motifs is 1. The van der Waals surface area contributed by atoms with E-state index in [-0.39, 0.29) is 0 Å². The minimum Gasteiger partial charge on any atom is -0.496 e. The summed E-state index contributed by atoms with van der Waals surface area (Å²) in [5.41, 5.74) is 2.41. The minimum atomic E-state index is 0.319. The number of rotatable bonds is 6. The van der Waals surface area contributed by atoms with Crippen LogP contribution in [-0.2, 0) is 13.0 Å². The van der Waals surface area contributed by atoms with Crippen LogP contribution < -0.4 is 19.5 Å². The Labute approximate surface area is 124 Å². The van der Waals surface area contributed by atoms with E-state index in [2.05, 4.69) is 17.4 Å². The van der Waals surface area contributed by atoms with E-state index in [9.17, 15) is 0 Å². The number of para-hydroxylation sites is 1. The van der Waals surface area contributed by atoms with Gasteiger partial charge in [-0.1, -0.05) is 24.3 Å². The van der Waals surface area contributed by atoms with Gasteiger partial charge >= 0.3 is 0 Å². The van der Waals surface area contributed by atoms with Crippen LogP contribution in [0.15, 0.2) is 42.5 Å². The monoisotopic (exact) mass is 285 g/mol. The van der Waals surface area contributed by atoms with Crippen molar-refractivity contribution in [1.29, 1.82) is 0 Å². The second kappa shape index (κ2) is 6.50. The highest BCUT2D eigenvalue weighted by Gasteiger charge is 2.12. The first-order chi connectivity index (χ1) is 10.4. The van der Waals surface area contributed by atoms with Gasteiger partial charge in [0.25, 0.3) is 0 Å². The number of hydrogen-bond acceptors (Lipinski definition) is 4. The molecule has 0 aromatic heterocycles. The first kappa shape index (κ1) is 13.8. The summed E-state index contributed by atoms with van der Waals surface area (Å²) in [6.45, 7) is 2.03. The van der Waals surface area contributed by atoms with Crippen molar-refractivity contribution in [3.05, 3.63) is 53.6 Å². The molecule has 1 aliphatic rings. The van der Waals surface area contributed by atoms with Gasteiger partial charge < -0.3 is 19.5 Å². The quantitative estimate of drug-likeness (QED) is 0.828. The molecule has 2 aromatic carbocycles. The van der Waals surface area contributed by atoms with Gasteiger partial charge in [0.2, 0.25) is 6.79 Å². The molecule has 0 saturated carbocycles. The van der Waals surface area contributed by atoms with Gasteiger partial charge in [-0.3, -0.25) is 0 Å². The summed E-state index contributed by atoms with van der Waals surface area (Å²) < 4.78 is 16.0. The molecule has 0 atom stereocenters. The molecule has 3 rings (SSSR count). The third-order valence-corrected chi connectivity index (χ3v) is 3.53. The summed E-state index contributed by atoms with van der Waals surface area (Å²) in [5, 5.41) is 3.44. The zero-order valence-corrected chi connectivity index (χ0v) is 12.1. The lowest BCUT2D eigenvalue weighted by Crippen LogP contribution is -2.16. The van der Waals surface area contributed by atoms with E-state index >= 15 is 0 Å². The molecule has 0 unspecified atom stereocenters. The van der Waals surface area contributed by atoms with Gasteiger partial charge in [0.05, 0.1) is 7.11 Å². The van der Waals surface area contributed by atoms with Crippen LogP contribution in [0.2, 0.25) is 0 Å². The van der Waals surface area contributed by atoms with E-state index in [1.54, 1.807) is 7.11 Å². The SMILES string of the molecule is COc1ccccc1CCNCc1ccc2c(c1)OCO2. The third kappa shape index (κ3) is 3.28. The molecule has 0 fully saturated rings. The summed E-state index contributed by atoms with van der Waals surface area (Å²) >= 11 is 0. The van der Waals surface area contributed by atoms with E-state index in [4.69, 9.17) is 14.2 Å². The van der Waals surface area contributed by atoms with Crippen LogP contribution in [-0.4, -0.2) is 20.4 Å². The van der Waals surface area contributed by atoms with E-state index in [1.165, 1.54) is 11.1 Å². The highest BCUT2D eigenvalue weighted by atomic mass is 16.7. The third-order valence-electron chi connectivity index (χ3n) is 3.53. The Kier molecular flexibility index (Phi) is 4.26. The van der Waals surface area contributed by atoms with Crippen molar-refractivity contribution >= 4 is 0 Å². The number of benzene rings is 2. The Morgan fingerprint density at radius 1 is 1.10 bits per heavy atom. The molecule has 1 heterocycles. The fourth-order valence-electron chi connectivity index (χ4n) is 2.42. The molecule has 1 aliphatic heterocycles. The summed E-state index contributed by atoms with van der Waals surface area (Å²) in [7, 11) is 1.71. The Morgan fingerprint density at radius 3 is 2.86 bits per heavy atom. The molecule has 1 N–H and O–H groups in total. The molecular weight excluding hydrogens is 266 g/mol. The summed E-state index contributed by atoms with van der Waals surface area (Å²) in [6, 6.07) is 14.2. The summed E-state index contributed by atoms with van der Waals surface area (Å²) in [5.74, 6) is 2.61. The zero-order chi connectivity index (χ0) is 14.5. The maximum Gasteiger partial charge on any atom is 0.231 e. The molecule has 110 valence electrons. The maximum absolute atomic E-state index is 5.38. The van der Waals surface area contributed by atoms with Gasteiger partial charge in [-0.15, -0.1) is 0 Å². The lowest BCUT2D eigenvalue weighted by atomic mass is 10.1. The smallest absolute Gasteiger partial charge is 0.231 e. The number of ether oxygens (including phenoxy) is 3. The van der Waals surface area contributed by atoms with Gasteiger partial charge in [0.15, 0.2) is 11.5 Å². The van der Waals surface area contributed by atoms with Crippen molar-refractivity contribution in [2.45, 2.75) is 13.0 Å². The minimum absolute atomic E-state index is 0.319. The van der Waals surface area contributed by atoms with Gasteiger partial charge in [-0.05, 0) is 42.3 Å². The van der Waals surface area contributed by atoms with Crippen LogP contribution in [0.4, 0.5) is 0 Å². The lowest BCUT2D eigenvalue weighted by Gasteiger charge is -2.09. The molecule has 2 aromatic rings. The lowest BCUT2D eigenvalue weighted by molar-refractivity contribution is 0.174. The van der Waals surface area contributed by atoms with Gasteiger partial charge in [0, 0.05) is 6.54 Å². The molecule has 0 spiro atoms. The van der Waals surface area contributed by atoms with Crippen LogP contribution in [0.25, 0.3) is 0 Å². The zero-order valence-electron chi connectivity index (χ0n) is 12.1. The molecule has 0 aliphatic carbocycles. The predicted molar refractivity (Wildman–Crippen MR) is 81.0 cm³/mol. The normalized spacial score (nSPS) is 12.4. The molecular formula is C17H19NO3. The molecule has 0 amide bonds. The Bertz CT molecular complexity index is 613. The van der Waals surface area contributed by atoms with E-state index in [0.29, 0.717) is 6.79 Å². The van der Waals surface area contributed by atoms with E-state index < -0.39 is 0 Å². The number of nitrogens with one attached hydrogen (secondary N) is 1. The van der Waals surface area contributed by atoms with Crippen molar-refractivity contribution in [2.24, 2.45) is 0 Å². The summed E-state index contributed by atoms with van der Waals surface area (Å²) in [4.78, 5) is 0. The van der Waals surface area contributed by atoms with Crippen LogP contribution in [0.1, 0.15) is 11.1 Å². The van der Waals surface area contributed by atoms with Gasteiger partial charge in [0.1, 0.15) is 5.75 Å². The highest BCUT2D eigenvalue weighted by molar-refractivity contribution is 5.44. The second-order valence-electron chi connectivity index (χ2n) is 4.93. The van der Waals surface area contributed by atoms with Crippen LogP contribution in [0, 0.1) is 0 Å². The molecule has 0 saturated heterocycles. The van der Waals surface area contributed by atoms with Gasteiger partial charge in [-0.25, -0.2) is 0 Å². The van der Waals surface area contributed by atoms with Crippen molar-refractivity contribution in [2.75, 3.05) is 20.4 Å². The summed E-state index contributed by atoms with van der Waals surface area (Å²) in [6.07, 6.45) is 0.939. The highest BCUT2D eigenvalue weighted by Crippen LogP contribution is 2.32. The van der Waals surface area contributed by atoms with Crippen LogP contribution in [0.5, 0.6) is 17.2 Å². The second-order valence-corrected chi connectivity index (χ2v) is 4.93. The van der Waals surface area contributed by atoms with Crippen molar-refractivity contribution in [3.8, 4) is 17.2 Å². The van der Waals surface area contributed by atoms with E-state index in [1.807, 2.05) is 30.3 Å². The molecule has 0 bridgehead atoms. The number of hydrogen-bond donors (Lipinski definition) is 1. The Balaban J connectivity index is 1.50. The average Bonchev–Trinajstić information content (AvgIpc) is 2.99. The largest absolute Gasteiger partial charge is 0.496 e. The molecule has 4 heteroatoms. The molecule has 4 nitrogen and oxygen atoms in total. The fraction of sp³-hybridized carbons (Fsp3) is 0.294. The predicted octanol–water partition coefficient (Wildman–Crippen LogP) is 2.76. The molecule has 0 radical (unpaired) electrons. The first-order valence-corrected chi connectivity index (χ1v) is 7.08. The Morgan fingerprint density at radius 2 is 1.95 bits per heavy atom. The molecule has 21 heavy (non-hydrogen) atoms. The standard InChI is InChI=1S/C17H19NO3/c1-19-15-5-3-2-4-14(15)8-9-18-11-13-6-7-16-17(10-13)21-12-20-16/h2-7,10,18H,8-9,11-12H2,1H3. The van der Waals surface area contributed by atoms with Crippen molar-refractivity contribution in [3.63, 3.8) is 0 Å². The first-order valence-electron chi connectivity index (χ1n) is 7.08. The maximum atomic E-state index is 5.38. The van der Waals surface area contributed by atoms with Crippen molar-refractivity contribution < 1.29 is 14.2 Å². The van der Waals surface area contributed by atoms with Gasteiger partial charge in [-0.2, -0.15) is 0 Å². The van der Waals surface area contributed by atoms with Crippen LogP contribution in [0.3, 0.4) is 0 Å². The van der Waals surface area contributed by atoms with Crippen molar-refractivity contribution in [1.82, 2.24) is 5.32 Å². The average molecular weight is 285 g/mol. The van der Waals surface area contributed by atoms with E-state index in [0.717, 1.165) is 36.8 Å². The fourth-order valence-corrected chi connectivity index (χ4v) is 2.42. The Hall–Kier alpha value is -2.20. The number of methoxy groups -OCH3 is 1. The topological polar surface area (TPSA) is 39.7 Å².